The highest BCUT2D eigenvalue weighted by atomic mass is 15.2. The van der Waals surface area contributed by atoms with E-state index in [9.17, 15) is 0 Å². The first-order valence-electron chi connectivity index (χ1n) is 6.86. The van der Waals surface area contributed by atoms with Crippen LogP contribution in [0.5, 0.6) is 0 Å². The molecule has 3 nitrogen and oxygen atoms in total. The predicted molar refractivity (Wildman–Crippen MR) is 81.0 cm³/mol. The van der Waals surface area contributed by atoms with Gasteiger partial charge in [0.2, 0.25) is 0 Å². The molecule has 1 aromatic carbocycles. The van der Waals surface area contributed by atoms with Gasteiger partial charge in [-0.15, -0.1) is 0 Å². The zero-order valence-corrected chi connectivity index (χ0v) is 12.1. The third-order valence-electron chi connectivity index (χ3n) is 3.81. The van der Waals surface area contributed by atoms with Crippen LogP contribution in [0.4, 0.5) is 0 Å². The van der Waals surface area contributed by atoms with Crippen LogP contribution in [-0.2, 0) is 6.54 Å². The molecule has 102 valence electrons. The Morgan fingerprint density at radius 2 is 1.95 bits per heavy atom. The van der Waals surface area contributed by atoms with E-state index < -0.39 is 0 Å². The molecular weight excluding hydrogens is 234 g/mol. The zero-order chi connectivity index (χ0) is 13.9. The van der Waals surface area contributed by atoms with E-state index in [4.69, 9.17) is 5.73 Å². The Balaban J connectivity index is 2.35. The minimum atomic E-state index is 0.00565. The number of nitrogens with two attached hydrogens (primary N) is 1. The lowest BCUT2D eigenvalue weighted by Gasteiger charge is -2.37. The molecule has 0 bridgehead atoms. The maximum atomic E-state index is 5.89. The SMILES string of the molecule is CCN(Cc1cccc2cccnc12)C(C)(C)CN. The van der Waals surface area contributed by atoms with Gasteiger partial charge in [-0.3, -0.25) is 9.88 Å². The summed E-state index contributed by atoms with van der Waals surface area (Å²) in [6.45, 7) is 9.07. The molecule has 0 aliphatic heterocycles. The second-order valence-corrected chi connectivity index (χ2v) is 5.52. The van der Waals surface area contributed by atoms with E-state index in [-0.39, 0.29) is 5.54 Å². The molecular formula is C16H23N3. The number of hydrogen-bond acceptors (Lipinski definition) is 3. The van der Waals surface area contributed by atoms with E-state index in [1.165, 1.54) is 10.9 Å². The number of likely N-dealkylation sites (N-methyl/N-ethyl adjacent to an activating group) is 1. The van der Waals surface area contributed by atoms with Gasteiger partial charge in [0, 0.05) is 30.2 Å². The van der Waals surface area contributed by atoms with Gasteiger partial charge in [-0.1, -0.05) is 31.2 Å². The molecule has 1 aromatic heterocycles. The van der Waals surface area contributed by atoms with E-state index in [0.717, 1.165) is 18.6 Å². The average Bonchev–Trinajstić information content (AvgIpc) is 2.44. The molecule has 0 saturated carbocycles. The van der Waals surface area contributed by atoms with Crippen molar-refractivity contribution in [3.63, 3.8) is 0 Å². The third-order valence-corrected chi connectivity index (χ3v) is 3.81. The maximum absolute atomic E-state index is 5.89. The number of rotatable bonds is 5. The van der Waals surface area contributed by atoms with Crippen LogP contribution in [0.25, 0.3) is 10.9 Å². The van der Waals surface area contributed by atoms with Crippen LogP contribution in [0, 0.1) is 0 Å². The number of hydrogen-bond donors (Lipinski definition) is 1. The summed E-state index contributed by atoms with van der Waals surface area (Å²) in [5, 5.41) is 1.20. The summed E-state index contributed by atoms with van der Waals surface area (Å²) in [5.41, 5.74) is 8.26. The molecule has 0 fully saturated rings. The largest absolute Gasteiger partial charge is 0.329 e. The molecule has 0 radical (unpaired) electrons. The van der Waals surface area contributed by atoms with Crippen molar-refractivity contribution in [2.75, 3.05) is 13.1 Å². The Hall–Kier alpha value is -1.45. The van der Waals surface area contributed by atoms with Crippen molar-refractivity contribution in [1.82, 2.24) is 9.88 Å². The van der Waals surface area contributed by atoms with Crippen LogP contribution < -0.4 is 5.73 Å². The molecule has 0 aliphatic carbocycles. The predicted octanol–water partition coefficient (Wildman–Crippen LogP) is 2.79. The summed E-state index contributed by atoms with van der Waals surface area (Å²) in [6, 6.07) is 10.5. The molecule has 0 spiro atoms. The lowest BCUT2D eigenvalue weighted by Crippen LogP contribution is -2.48. The Morgan fingerprint density at radius 3 is 2.63 bits per heavy atom. The molecule has 1 heterocycles. The van der Waals surface area contributed by atoms with Gasteiger partial charge >= 0.3 is 0 Å². The summed E-state index contributed by atoms with van der Waals surface area (Å²) < 4.78 is 0. The lowest BCUT2D eigenvalue weighted by molar-refractivity contribution is 0.126. The van der Waals surface area contributed by atoms with Crippen LogP contribution >= 0.6 is 0 Å². The molecule has 0 saturated heterocycles. The Bertz CT molecular complexity index is 543. The van der Waals surface area contributed by atoms with Crippen LogP contribution in [0.1, 0.15) is 26.3 Å². The van der Waals surface area contributed by atoms with Gasteiger partial charge in [0.25, 0.3) is 0 Å². The molecule has 0 amide bonds. The number of para-hydroxylation sites is 1. The molecule has 0 atom stereocenters. The number of aromatic nitrogens is 1. The lowest BCUT2D eigenvalue weighted by atomic mass is 10.0. The minimum absolute atomic E-state index is 0.00565. The summed E-state index contributed by atoms with van der Waals surface area (Å²) in [7, 11) is 0. The van der Waals surface area contributed by atoms with E-state index in [1.54, 1.807) is 0 Å². The van der Waals surface area contributed by atoms with Gasteiger partial charge in [0.1, 0.15) is 0 Å². The van der Waals surface area contributed by atoms with Gasteiger partial charge in [0.05, 0.1) is 5.52 Å². The summed E-state index contributed by atoms with van der Waals surface area (Å²) in [5.74, 6) is 0. The zero-order valence-electron chi connectivity index (χ0n) is 12.1. The Labute approximate surface area is 115 Å². The molecule has 0 aliphatic rings. The molecule has 0 unspecified atom stereocenters. The first kappa shape index (κ1) is 14.0. The molecule has 3 heteroatoms. The Morgan fingerprint density at radius 1 is 1.21 bits per heavy atom. The molecule has 19 heavy (non-hydrogen) atoms. The average molecular weight is 257 g/mol. The first-order valence-corrected chi connectivity index (χ1v) is 6.86. The smallest absolute Gasteiger partial charge is 0.0746 e. The van der Waals surface area contributed by atoms with Crippen LogP contribution in [-0.4, -0.2) is 28.5 Å². The van der Waals surface area contributed by atoms with Gasteiger partial charge in [-0.25, -0.2) is 0 Å². The second-order valence-electron chi connectivity index (χ2n) is 5.52. The van der Waals surface area contributed by atoms with Crippen molar-refractivity contribution in [3.05, 3.63) is 42.1 Å². The van der Waals surface area contributed by atoms with Crippen molar-refractivity contribution in [1.29, 1.82) is 0 Å². The minimum Gasteiger partial charge on any atom is -0.329 e. The highest BCUT2D eigenvalue weighted by Crippen LogP contribution is 2.21. The highest BCUT2D eigenvalue weighted by Gasteiger charge is 2.24. The topological polar surface area (TPSA) is 42.2 Å². The number of benzene rings is 1. The van der Waals surface area contributed by atoms with E-state index >= 15 is 0 Å². The number of fused-ring (bicyclic) bond motifs is 1. The van der Waals surface area contributed by atoms with Gasteiger partial charge in [-0.05, 0) is 32.0 Å². The van der Waals surface area contributed by atoms with E-state index in [2.05, 4.69) is 54.9 Å². The fourth-order valence-electron chi connectivity index (χ4n) is 2.38. The van der Waals surface area contributed by atoms with Crippen molar-refractivity contribution in [3.8, 4) is 0 Å². The molecule has 2 aromatic rings. The van der Waals surface area contributed by atoms with Gasteiger partial charge < -0.3 is 5.73 Å². The van der Waals surface area contributed by atoms with Crippen LogP contribution in [0.2, 0.25) is 0 Å². The van der Waals surface area contributed by atoms with Gasteiger partial charge in [0.15, 0.2) is 0 Å². The summed E-state index contributed by atoms with van der Waals surface area (Å²) in [6.07, 6.45) is 1.86. The van der Waals surface area contributed by atoms with E-state index in [0.29, 0.717) is 6.54 Å². The number of pyridine rings is 1. The normalized spacial score (nSPS) is 12.3. The monoisotopic (exact) mass is 257 g/mol. The van der Waals surface area contributed by atoms with Crippen LogP contribution in [0.15, 0.2) is 36.5 Å². The van der Waals surface area contributed by atoms with Crippen LogP contribution in [0.3, 0.4) is 0 Å². The maximum Gasteiger partial charge on any atom is 0.0746 e. The highest BCUT2D eigenvalue weighted by molar-refractivity contribution is 5.81. The number of nitrogens with zero attached hydrogens (tertiary/aromatic N) is 2. The second kappa shape index (κ2) is 5.68. The third kappa shape index (κ3) is 2.94. The fraction of sp³-hybridized carbons (Fsp3) is 0.438. The summed E-state index contributed by atoms with van der Waals surface area (Å²) in [4.78, 5) is 6.92. The fourth-order valence-corrected chi connectivity index (χ4v) is 2.38. The van der Waals surface area contributed by atoms with Crippen molar-refractivity contribution in [2.24, 2.45) is 5.73 Å². The van der Waals surface area contributed by atoms with Crippen molar-refractivity contribution < 1.29 is 0 Å². The Kier molecular flexibility index (Phi) is 4.17. The van der Waals surface area contributed by atoms with Crippen molar-refractivity contribution >= 4 is 10.9 Å². The molecule has 2 rings (SSSR count). The van der Waals surface area contributed by atoms with Crippen molar-refractivity contribution in [2.45, 2.75) is 32.9 Å². The summed E-state index contributed by atoms with van der Waals surface area (Å²) >= 11 is 0. The van der Waals surface area contributed by atoms with E-state index in [1.807, 2.05) is 12.3 Å². The quantitative estimate of drug-likeness (QED) is 0.895. The first-order chi connectivity index (χ1) is 9.08. The van der Waals surface area contributed by atoms with Gasteiger partial charge in [-0.2, -0.15) is 0 Å². The standard InChI is InChI=1S/C16H23N3/c1-4-19(16(2,3)12-17)11-14-8-5-7-13-9-6-10-18-15(13)14/h5-10H,4,11-12,17H2,1-3H3. The molecule has 2 N–H and O–H groups in total.